The summed E-state index contributed by atoms with van der Waals surface area (Å²) in [5.74, 6) is -0.166. The Morgan fingerprint density at radius 1 is 0.906 bits per heavy atom. The maximum atomic E-state index is 12.7. The van der Waals surface area contributed by atoms with Crippen molar-refractivity contribution in [3.05, 3.63) is 94.4 Å². The Labute approximate surface area is 188 Å². The molecule has 3 aromatic carbocycles. The van der Waals surface area contributed by atoms with Gasteiger partial charge >= 0.3 is 5.97 Å². The number of ether oxygens (including phenoxy) is 2. The van der Waals surface area contributed by atoms with E-state index in [2.05, 4.69) is 15.5 Å². The van der Waals surface area contributed by atoms with Gasteiger partial charge < -0.3 is 14.8 Å². The highest BCUT2D eigenvalue weighted by Crippen LogP contribution is 2.24. The summed E-state index contributed by atoms with van der Waals surface area (Å²) in [5, 5.41) is 11.2. The molecule has 8 heteroatoms. The second-order valence-electron chi connectivity index (χ2n) is 6.67. The number of esters is 1. The molecule has 32 heavy (non-hydrogen) atoms. The van der Waals surface area contributed by atoms with Crippen LogP contribution in [0.25, 0.3) is 11.1 Å². The quantitative estimate of drug-likeness (QED) is 0.410. The van der Waals surface area contributed by atoms with Gasteiger partial charge in [0.25, 0.3) is 5.91 Å². The number of rotatable bonds is 7. The molecule has 0 saturated carbocycles. The van der Waals surface area contributed by atoms with Crippen LogP contribution in [-0.2, 0) is 11.3 Å². The molecule has 160 valence electrons. The van der Waals surface area contributed by atoms with E-state index in [0.717, 1.165) is 22.5 Å². The Balaban J connectivity index is 1.39. The van der Waals surface area contributed by atoms with Crippen molar-refractivity contribution in [3.8, 4) is 16.9 Å². The summed E-state index contributed by atoms with van der Waals surface area (Å²) in [7, 11) is 1.57. The standard InChI is InChI=1S/C24H19N3O4S/c1-30-18-13-11-17(12-14-18)25-22(28)23-27-26-21(32-23)15-31-24(29)20-10-6-5-9-19(20)16-7-3-2-4-8-16/h2-14H,15H2,1H3,(H,25,28). The molecule has 1 aromatic heterocycles. The number of hydrogen-bond acceptors (Lipinski definition) is 7. The Hall–Kier alpha value is -4.04. The summed E-state index contributed by atoms with van der Waals surface area (Å²) in [6.45, 7) is -0.0740. The molecule has 0 unspecified atom stereocenters. The first-order valence-electron chi connectivity index (χ1n) is 9.73. The number of aromatic nitrogens is 2. The Kier molecular flexibility index (Phi) is 6.52. The predicted octanol–water partition coefficient (Wildman–Crippen LogP) is 4.82. The molecule has 0 spiro atoms. The second-order valence-corrected chi connectivity index (χ2v) is 7.73. The summed E-state index contributed by atoms with van der Waals surface area (Å²) < 4.78 is 10.5. The van der Waals surface area contributed by atoms with Crippen LogP contribution in [0.4, 0.5) is 5.69 Å². The molecule has 0 aliphatic rings. The summed E-state index contributed by atoms with van der Waals surface area (Å²) in [6.07, 6.45) is 0. The van der Waals surface area contributed by atoms with Crippen LogP contribution in [0, 0.1) is 0 Å². The van der Waals surface area contributed by atoms with Crippen molar-refractivity contribution in [2.24, 2.45) is 0 Å². The zero-order chi connectivity index (χ0) is 22.3. The summed E-state index contributed by atoms with van der Waals surface area (Å²) in [6, 6.07) is 23.8. The monoisotopic (exact) mass is 445 g/mol. The number of methoxy groups -OCH3 is 1. The summed E-state index contributed by atoms with van der Waals surface area (Å²) in [4.78, 5) is 25.1. The van der Waals surface area contributed by atoms with Gasteiger partial charge in [0, 0.05) is 5.69 Å². The number of carbonyl (C=O) groups excluding carboxylic acids is 2. The Morgan fingerprint density at radius 2 is 1.62 bits per heavy atom. The molecule has 0 aliphatic heterocycles. The second kappa shape index (κ2) is 9.84. The average Bonchev–Trinajstić information content (AvgIpc) is 3.33. The molecule has 0 bridgehead atoms. The van der Waals surface area contributed by atoms with E-state index in [9.17, 15) is 9.59 Å². The van der Waals surface area contributed by atoms with E-state index in [1.807, 2.05) is 42.5 Å². The molecule has 0 radical (unpaired) electrons. The zero-order valence-electron chi connectivity index (χ0n) is 17.1. The number of hydrogen-bond donors (Lipinski definition) is 1. The van der Waals surface area contributed by atoms with E-state index in [1.54, 1.807) is 43.5 Å². The molecule has 1 heterocycles. The fraction of sp³-hybridized carbons (Fsp3) is 0.0833. The van der Waals surface area contributed by atoms with Crippen molar-refractivity contribution in [3.63, 3.8) is 0 Å². The lowest BCUT2D eigenvalue weighted by Gasteiger charge is -2.09. The first-order chi connectivity index (χ1) is 15.6. The predicted molar refractivity (Wildman–Crippen MR) is 122 cm³/mol. The minimum atomic E-state index is -0.469. The molecule has 1 N–H and O–H groups in total. The SMILES string of the molecule is COc1ccc(NC(=O)c2nnc(COC(=O)c3ccccc3-c3ccccc3)s2)cc1. The van der Waals surface area contributed by atoms with Crippen molar-refractivity contribution in [1.29, 1.82) is 0 Å². The molecule has 0 saturated heterocycles. The number of nitrogens with one attached hydrogen (secondary N) is 1. The highest BCUT2D eigenvalue weighted by molar-refractivity contribution is 7.13. The molecular weight excluding hydrogens is 426 g/mol. The highest BCUT2D eigenvalue weighted by Gasteiger charge is 2.17. The average molecular weight is 446 g/mol. The van der Waals surface area contributed by atoms with Crippen molar-refractivity contribution in [2.45, 2.75) is 6.61 Å². The van der Waals surface area contributed by atoms with Crippen LogP contribution in [0.5, 0.6) is 5.75 Å². The van der Waals surface area contributed by atoms with Gasteiger partial charge in [-0.25, -0.2) is 4.79 Å². The van der Waals surface area contributed by atoms with Gasteiger partial charge in [-0.1, -0.05) is 59.9 Å². The zero-order valence-corrected chi connectivity index (χ0v) is 18.0. The smallest absolute Gasteiger partial charge is 0.339 e. The maximum Gasteiger partial charge on any atom is 0.339 e. The van der Waals surface area contributed by atoms with Gasteiger partial charge in [0.1, 0.15) is 12.4 Å². The summed E-state index contributed by atoms with van der Waals surface area (Å²) >= 11 is 1.07. The van der Waals surface area contributed by atoms with Gasteiger partial charge in [0.15, 0.2) is 5.01 Å². The molecule has 4 aromatic rings. The Morgan fingerprint density at radius 3 is 2.38 bits per heavy atom. The normalized spacial score (nSPS) is 10.4. The molecule has 4 rings (SSSR count). The molecule has 7 nitrogen and oxygen atoms in total. The number of nitrogens with zero attached hydrogens (tertiary/aromatic N) is 2. The first-order valence-corrected chi connectivity index (χ1v) is 10.5. The lowest BCUT2D eigenvalue weighted by atomic mass is 10.00. The van der Waals surface area contributed by atoms with Gasteiger partial charge in [0.05, 0.1) is 12.7 Å². The van der Waals surface area contributed by atoms with Crippen molar-refractivity contribution < 1.29 is 19.1 Å². The fourth-order valence-corrected chi connectivity index (χ4v) is 3.65. The number of carbonyl (C=O) groups is 2. The third-order valence-corrected chi connectivity index (χ3v) is 5.46. The molecule has 0 fully saturated rings. The minimum absolute atomic E-state index is 0.0740. The third-order valence-electron chi connectivity index (χ3n) is 4.57. The van der Waals surface area contributed by atoms with Gasteiger partial charge in [-0.2, -0.15) is 0 Å². The van der Waals surface area contributed by atoms with Gasteiger partial charge in [-0.15, -0.1) is 10.2 Å². The van der Waals surface area contributed by atoms with Crippen LogP contribution < -0.4 is 10.1 Å². The molecule has 1 amide bonds. The lowest BCUT2D eigenvalue weighted by molar-refractivity contribution is 0.0472. The van der Waals surface area contributed by atoms with Crippen LogP contribution in [0.3, 0.4) is 0 Å². The van der Waals surface area contributed by atoms with Crippen LogP contribution in [0.15, 0.2) is 78.9 Å². The molecular formula is C24H19N3O4S. The Bertz CT molecular complexity index is 1220. The van der Waals surface area contributed by atoms with Crippen LogP contribution >= 0.6 is 11.3 Å². The fourth-order valence-electron chi connectivity index (χ4n) is 3.00. The molecule has 0 atom stereocenters. The van der Waals surface area contributed by atoms with E-state index in [0.29, 0.717) is 22.0 Å². The van der Waals surface area contributed by atoms with Crippen molar-refractivity contribution in [2.75, 3.05) is 12.4 Å². The van der Waals surface area contributed by atoms with E-state index in [4.69, 9.17) is 9.47 Å². The van der Waals surface area contributed by atoms with Crippen LogP contribution in [0.1, 0.15) is 25.2 Å². The van der Waals surface area contributed by atoms with Gasteiger partial charge in [-0.3, -0.25) is 4.79 Å². The number of benzene rings is 3. The van der Waals surface area contributed by atoms with E-state index >= 15 is 0 Å². The number of anilines is 1. The lowest BCUT2D eigenvalue weighted by Crippen LogP contribution is -2.11. The van der Waals surface area contributed by atoms with E-state index in [1.165, 1.54) is 0 Å². The van der Waals surface area contributed by atoms with Crippen LogP contribution in [-0.4, -0.2) is 29.2 Å². The highest BCUT2D eigenvalue weighted by atomic mass is 32.1. The third kappa shape index (κ3) is 4.98. The van der Waals surface area contributed by atoms with E-state index < -0.39 is 5.97 Å². The minimum Gasteiger partial charge on any atom is -0.497 e. The largest absolute Gasteiger partial charge is 0.497 e. The van der Waals surface area contributed by atoms with E-state index in [-0.39, 0.29) is 17.5 Å². The summed E-state index contributed by atoms with van der Waals surface area (Å²) in [5.41, 5.74) is 2.78. The van der Waals surface area contributed by atoms with Crippen LogP contribution in [0.2, 0.25) is 0 Å². The van der Waals surface area contributed by atoms with Gasteiger partial charge in [0.2, 0.25) is 5.01 Å². The molecule has 0 aliphatic carbocycles. The van der Waals surface area contributed by atoms with Gasteiger partial charge in [-0.05, 0) is 41.5 Å². The number of amides is 1. The van der Waals surface area contributed by atoms with Crippen molar-refractivity contribution in [1.82, 2.24) is 10.2 Å². The first kappa shape index (κ1) is 21.2. The maximum absolute atomic E-state index is 12.7. The van der Waals surface area contributed by atoms with Crippen molar-refractivity contribution >= 4 is 28.9 Å². The topological polar surface area (TPSA) is 90.4 Å².